The molecule has 2 aromatic rings. The Morgan fingerprint density at radius 1 is 1.32 bits per heavy atom. The fourth-order valence-corrected chi connectivity index (χ4v) is 2.83. The number of hydrogen-bond acceptors (Lipinski definition) is 3. The standard InChI is InChI=1S/C16H21N3/c1-12(2)19-9-7-14(11-19)18-16-5-3-4-13-6-8-17-10-15(13)16/h3-6,8,10,12,14,18H,7,9,11H2,1-2H3. The van der Waals surface area contributed by atoms with Crippen LogP contribution in [0.3, 0.4) is 0 Å². The molecule has 1 atom stereocenters. The summed E-state index contributed by atoms with van der Waals surface area (Å²) in [7, 11) is 0. The molecule has 1 N–H and O–H groups in total. The average molecular weight is 255 g/mol. The molecule has 1 fully saturated rings. The molecular weight excluding hydrogens is 234 g/mol. The summed E-state index contributed by atoms with van der Waals surface area (Å²) in [5.74, 6) is 0. The Balaban J connectivity index is 1.79. The highest BCUT2D eigenvalue weighted by Crippen LogP contribution is 2.25. The lowest BCUT2D eigenvalue weighted by Crippen LogP contribution is -2.31. The van der Waals surface area contributed by atoms with E-state index in [1.165, 1.54) is 29.4 Å². The van der Waals surface area contributed by atoms with Crippen LogP contribution in [0.4, 0.5) is 5.69 Å². The first kappa shape index (κ1) is 12.4. The fraction of sp³-hybridized carbons (Fsp3) is 0.438. The third-order valence-electron chi connectivity index (χ3n) is 3.99. The van der Waals surface area contributed by atoms with Crippen molar-refractivity contribution in [3.63, 3.8) is 0 Å². The van der Waals surface area contributed by atoms with E-state index in [4.69, 9.17) is 0 Å². The maximum atomic E-state index is 4.24. The summed E-state index contributed by atoms with van der Waals surface area (Å²) in [6.45, 7) is 6.86. The van der Waals surface area contributed by atoms with Crippen molar-refractivity contribution in [2.45, 2.75) is 32.4 Å². The van der Waals surface area contributed by atoms with Crippen LogP contribution in [-0.4, -0.2) is 35.1 Å². The van der Waals surface area contributed by atoms with Gasteiger partial charge in [0.05, 0.1) is 0 Å². The van der Waals surface area contributed by atoms with Crippen LogP contribution >= 0.6 is 0 Å². The third-order valence-corrected chi connectivity index (χ3v) is 3.99. The van der Waals surface area contributed by atoms with Crippen molar-refractivity contribution in [3.8, 4) is 0 Å². The molecule has 1 saturated heterocycles. The molecule has 3 rings (SSSR count). The normalized spacial score (nSPS) is 20.3. The van der Waals surface area contributed by atoms with Gasteiger partial charge in [0, 0.05) is 48.6 Å². The van der Waals surface area contributed by atoms with Crippen LogP contribution in [0.1, 0.15) is 20.3 Å². The third kappa shape index (κ3) is 2.56. The SMILES string of the molecule is CC(C)N1CCC(Nc2cccc3ccncc23)C1. The number of pyridine rings is 1. The highest BCUT2D eigenvalue weighted by atomic mass is 15.2. The second-order valence-corrected chi connectivity index (χ2v) is 5.62. The summed E-state index contributed by atoms with van der Waals surface area (Å²) >= 11 is 0. The molecule has 100 valence electrons. The van der Waals surface area contributed by atoms with Crippen LogP contribution < -0.4 is 5.32 Å². The zero-order valence-electron chi connectivity index (χ0n) is 11.6. The van der Waals surface area contributed by atoms with E-state index in [0.29, 0.717) is 12.1 Å². The molecule has 0 amide bonds. The molecule has 1 aromatic carbocycles. The van der Waals surface area contributed by atoms with Gasteiger partial charge < -0.3 is 5.32 Å². The number of aromatic nitrogens is 1. The molecule has 0 aliphatic carbocycles. The van der Waals surface area contributed by atoms with Crippen LogP contribution in [0.2, 0.25) is 0 Å². The highest BCUT2D eigenvalue weighted by Gasteiger charge is 2.24. The second-order valence-electron chi connectivity index (χ2n) is 5.62. The highest BCUT2D eigenvalue weighted by molar-refractivity contribution is 5.93. The Morgan fingerprint density at radius 3 is 3.00 bits per heavy atom. The smallest absolute Gasteiger partial charge is 0.0438 e. The first-order chi connectivity index (χ1) is 9.24. The lowest BCUT2D eigenvalue weighted by molar-refractivity contribution is 0.274. The van der Waals surface area contributed by atoms with Gasteiger partial charge in [0.1, 0.15) is 0 Å². The van der Waals surface area contributed by atoms with Crippen molar-refractivity contribution in [1.29, 1.82) is 0 Å². The van der Waals surface area contributed by atoms with E-state index in [1.54, 1.807) is 0 Å². The molecule has 1 aliphatic heterocycles. The summed E-state index contributed by atoms with van der Waals surface area (Å²) in [5, 5.41) is 6.15. The topological polar surface area (TPSA) is 28.2 Å². The molecule has 0 radical (unpaired) electrons. The Bertz CT molecular complexity index is 559. The van der Waals surface area contributed by atoms with Gasteiger partial charge in [-0.3, -0.25) is 9.88 Å². The van der Waals surface area contributed by atoms with Gasteiger partial charge in [-0.1, -0.05) is 12.1 Å². The molecule has 0 spiro atoms. The Labute approximate surface area is 114 Å². The van der Waals surface area contributed by atoms with E-state index in [0.717, 1.165) is 6.54 Å². The number of anilines is 1. The van der Waals surface area contributed by atoms with E-state index in [1.807, 2.05) is 12.4 Å². The number of nitrogens with one attached hydrogen (secondary N) is 1. The van der Waals surface area contributed by atoms with E-state index >= 15 is 0 Å². The monoisotopic (exact) mass is 255 g/mol. The van der Waals surface area contributed by atoms with Crippen LogP contribution in [0.25, 0.3) is 10.8 Å². The fourth-order valence-electron chi connectivity index (χ4n) is 2.83. The van der Waals surface area contributed by atoms with Gasteiger partial charge in [-0.05, 0) is 37.8 Å². The maximum absolute atomic E-state index is 4.24. The molecule has 1 aliphatic rings. The number of likely N-dealkylation sites (tertiary alicyclic amines) is 1. The summed E-state index contributed by atoms with van der Waals surface area (Å²) in [6.07, 6.45) is 5.02. The van der Waals surface area contributed by atoms with Gasteiger partial charge in [0.15, 0.2) is 0 Å². The summed E-state index contributed by atoms with van der Waals surface area (Å²) < 4.78 is 0. The Morgan fingerprint density at radius 2 is 2.21 bits per heavy atom. The van der Waals surface area contributed by atoms with Gasteiger partial charge >= 0.3 is 0 Å². The molecule has 3 nitrogen and oxygen atoms in total. The van der Waals surface area contributed by atoms with Crippen molar-refractivity contribution in [2.24, 2.45) is 0 Å². The van der Waals surface area contributed by atoms with Crippen LogP contribution in [0, 0.1) is 0 Å². The van der Waals surface area contributed by atoms with Crippen molar-refractivity contribution >= 4 is 16.5 Å². The number of hydrogen-bond donors (Lipinski definition) is 1. The lowest BCUT2D eigenvalue weighted by Gasteiger charge is -2.21. The molecule has 0 bridgehead atoms. The minimum atomic E-state index is 0.549. The second kappa shape index (κ2) is 5.17. The quantitative estimate of drug-likeness (QED) is 0.913. The zero-order valence-corrected chi connectivity index (χ0v) is 11.6. The van der Waals surface area contributed by atoms with Crippen LogP contribution in [0.5, 0.6) is 0 Å². The first-order valence-corrected chi connectivity index (χ1v) is 7.07. The molecule has 1 aromatic heterocycles. The largest absolute Gasteiger partial charge is 0.380 e. The van der Waals surface area contributed by atoms with Crippen molar-refractivity contribution < 1.29 is 0 Å². The van der Waals surface area contributed by atoms with E-state index in [2.05, 4.69) is 53.3 Å². The Hall–Kier alpha value is -1.61. The molecule has 0 saturated carbocycles. The molecule has 2 heterocycles. The van der Waals surface area contributed by atoms with Gasteiger partial charge in [-0.2, -0.15) is 0 Å². The minimum absolute atomic E-state index is 0.549. The molecule has 19 heavy (non-hydrogen) atoms. The molecule has 3 heteroatoms. The van der Waals surface area contributed by atoms with Gasteiger partial charge in [-0.15, -0.1) is 0 Å². The van der Waals surface area contributed by atoms with Gasteiger partial charge in [-0.25, -0.2) is 0 Å². The molecular formula is C16H21N3. The minimum Gasteiger partial charge on any atom is -0.380 e. The predicted octanol–water partition coefficient (Wildman–Crippen LogP) is 3.13. The number of rotatable bonds is 3. The summed E-state index contributed by atoms with van der Waals surface area (Å²) in [6, 6.07) is 9.66. The Kier molecular flexibility index (Phi) is 3.38. The maximum Gasteiger partial charge on any atom is 0.0438 e. The number of nitrogens with zero attached hydrogens (tertiary/aromatic N) is 2. The van der Waals surface area contributed by atoms with Crippen LogP contribution in [0.15, 0.2) is 36.7 Å². The average Bonchev–Trinajstić information content (AvgIpc) is 2.88. The zero-order chi connectivity index (χ0) is 13.2. The van der Waals surface area contributed by atoms with E-state index < -0.39 is 0 Å². The van der Waals surface area contributed by atoms with Gasteiger partial charge in [0.2, 0.25) is 0 Å². The lowest BCUT2D eigenvalue weighted by atomic mass is 10.1. The van der Waals surface area contributed by atoms with Crippen molar-refractivity contribution in [2.75, 3.05) is 18.4 Å². The van der Waals surface area contributed by atoms with E-state index in [9.17, 15) is 0 Å². The predicted molar refractivity (Wildman–Crippen MR) is 80.5 cm³/mol. The number of fused-ring (bicyclic) bond motifs is 1. The van der Waals surface area contributed by atoms with Crippen molar-refractivity contribution in [1.82, 2.24) is 9.88 Å². The van der Waals surface area contributed by atoms with Gasteiger partial charge in [0.25, 0.3) is 0 Å². The first-order valence-electron chi connectivity index (χ1n) is 7.07. The van der Waals surface area contributed by atoms with Crippen molar-refractivity contribution in [3.05, 3.63) is 36.7 Å². The molecule has 1 unspecified atom stereocenters. The summed E-state index contributed by atoms with van der Waals surface area (Å²) in [4.78, 5) is 6.77. The van der Waals surface area contributed by atoms with Crippen LogP contribution in [-0.2, 0) is 0 Å². The number of benzene rings is 1. The van der Waals surface area contributed by atoms with E-state index in [-0.39, 0.29) is 0 Å². The summed E-state index contributed by atoms with van der Waals surface area (Å²) in [5.41, 5.74) is 1.21.